The molecule has 1 aromatic heterocycles. The highest BCUT2D eigenvalue weighted by atomic mass is 16.5. The molecule has 0 radical (unpaired) electrons. The molecule has 0 aliphatic heterocycles. The van der Waals surface area contributed by atoms with E-state index in [0.29, 0.717) is 16.7 Å². The fraction of sp³-hybridized carbons (Fsp3) is 0.500. The zero-order valence-corrected chi connectivity index (χ0v) is 14.7. The Morgan fingerprint density at radius 2 is 2.08 bits per heavy atom. The van der Waals surface area contributed by atoms with Crippen LogP contribution in [0, 0.1) is 0 Å². The molecule has 7 heteroatoms. The number of aryl methyl sites for hydroxylation is 1. The van der Waals surface area contributed by atoms with E-state index in [1.165, 1.54) is 19.9 Å². The molecule has 1 saturated carbocycles. The number of carbonyl (C=O) groups excluding carboxylic acids is 2. The number of hydrogen-bond acceptors (Lipinski definition) is 4. The number of aromatic nitrogens is 2. The molecule has 134 valence electrons. The molecule has 7 nitrogen and oxygen atoms in total. The van der Waals surface area contributed by atoms with Crippen molar-refractivity contribution in [1.82, 2.24) is 20.2 Å². The van der Waals surface area contributed by atoms with Gasteiger partial charge in [-0.15, -0.1) is 0 Å². The van der Waals surface area contributed by atoms with Crippen LogP contribution in [0.4, 0.5) is 0 Å². The monoisotopic (exact) mass is 344 g/mol. The first-order valence-electron chi connectivity index (χ1n) is 8.76. The predicted octanol–water partition coefficient (Wildman–Crippen LogP) is 2.29. The number of benzene rings is 1. The third kappa shape index (κ3) is 3.51. The van der Waals surface area contributed by atoms with E-state index in [1.54, 1.807) is 6.07 Å². The third-order valence-electron chi connectivity index (χ3n) is 4.81. The Morgan fingerprint density at radius 3 is 2.72 bits per heavy atom. The molecule has 0 atom stereocenters. The number of likely N-dealkylation sites (N-methyl/N-ethyl adjacent to an activating group) is 1. The normalized spacial score (nSPS) is 14.8. The smallest absolute Gasteiger partial charge is 0.265 e. The molecule has 25 heavy (non-hydrogen) atoms. The van der Waals surface area contributed by atoms with Gasteiger partial charge in [0, 0.05) is 18.0 Å². The lowest BCUT2D eigenvalue weighted by molar-refractivity contribution is -0.157. The zero-order chi connectivity index (χ0) is 18.0. The van der Waals surface area contributed by atoms with E-state index < -0.39 is 5.91 Å². The minimum Gasteiger partial charge on any atom is -0.343 e. The number of nitrogens with one attached hydrogen (secondary N) is 1. The minimum atomic E-state index is -0.571. The Hall–Kier alpha value is -2.41. The number of hydroxylamine groups is 2. The molecular weight excluding hydrogens is 320 g/mol. The van der Waals surface area contributed by atoms with E-state index >= 15 is 0 Å². The van der Waals surface area contributed by atoms with Gasteiger partial charge >= 0.3 is 0 Å². The van der Waals surface area contributed by atoms with E-state index in [4.69, 9.17) is 10.3 Å². The first-order valence-corrected chi connectivity index (χ1v) is 8.76. The van der Waals surface area contributed by atoms with Gasteiger partial charge in [0.1, 0.15) is 0 Å². The third-order valence-corrected chi connectivity index (χ3v) is 4.81. The van der Waals surface area contributed by atoms with Crippen molar-refractivity contribution in [3.63, 3.8) is 0 Å². The summed E-state index contributed by atoms with van der Waals surface area (Å²) >= 11 is 0. The van der Waals surface area contributed by atoms with Crippen LogP contribution in [-0.2, 0) is 11.2 Å². The number of hydrogen-bond donors (Lipinski definition) is 2. The van der Waals surface area contributed by atoms with Crippen molar-refractivity contribution in [2.75, 3.05) is 13.6 Å². The summed E-state index contributed by atoms with van der Waals surface area (Å²) in [6.45, 7) is 1.84. The molecule has 3 rings (SSSR count). The second-order valence-corrected chi connectivity index (χ2v) is 6.52. The molecular formula is C18H24N4O3. The van der Waals surface area contributed by atoms with E-state index in [2.05, 4.69) is 16.9 Å². The Balaban J connectivity index is 1.88. The summed E-state index contributed by atoms with van der Waals surface area (Å²) in [5, 5.41) is 17.9. The van der Waals surface area contributed by atoms with Crippen molar-refractivity contribution < 1.29 is 14.8 Å². The number of rotatable bonds is 5. The van der Waals surface area contributed by atoms with Crippen LogP contribution in [0.3, 0.4) is 0 Å². The van der Waals surface area contributed by atoms with Crippen LogP contribution in [0.1, 0.15) is 54.7 Å². The summed E-state index contributed by atoms with van der Waals surface area (Å²) in [6.07, 6.45) is 5.51. The zero-order valence-electron chi connectivity index (χ0n) is 14.7. The molecule has 1 aliphatic rings. The van der Waals surface area contributed by atoms with Crippen molar-refractivity contribution in [1.29, 1.82) is 0 Å². The number of amides is 2. The maximum absolute atomic E-state index is 12.3. The van der Waals surface area contributed by atoms with Gasteiger partial charge in [-0.1, -0.05) is 25.8 Å². The van der Waals surface area contributed by atoms with Crippen LogP contribution in [-0.4, -0.2) is 45.5 Å². The maximum atomic E-state index is 12.3. The SMILES string of the molecule is CCc1nn(C2CCCC2)c2cc(C(=O)NCC(=O)N(C)O)ccc12. The largest absolute Gasteiger partial charge is 0.343 e. The fourth-order valence-electron chi connectivity index (χ4n) is 3.40. The van der Waals surface area contributed by atoms with E-state index in [1.807, 2.05) is 12.1 Å². The van der Waals surface area contributed by atoms with Gasteiger partial charge in [-0.3, -0.25) is 19.5 Å². The minimum absolute atomic E-state index is 0.244. The maximum Gasteiger partial charge on any atom is 0.265 e. The van der Waals surface area contributed by atoms with Crippen molar-refractivity contribution in [3.05, 3.63) is 29.5 Å². The molecule has 1 aromatic carbocycles. The van der Waals surface area contributed by atoms with Gasteiger partial charge in [-0.25, -0.2) is 5.06 Å². The van der Waals surface area contributed by atoms with E-state index in [9.17, 15) is 9.59 Å². The van der Waals surface area contributed by atoms with E-state index in [0.717, 1.165) is 35.9 Å². The van der Waals surface area contributed by atoms with Crippen LogP contribution in [0.25, 0.3) is 10.9 Å². The molecule has 1 fully saturated rings. The highest BCUT2D eigenvalue weighted by Crippen LogP contribution is 2.33. The second-order valence-electron chi connectivity index (χ2n) is 6.52. The average Bonchev–Trinajstić information content (AvgIpc) is 3.25. The van der Waals surface area contributed by atoms with Gasteiger partial charge in [0.05, 0.1) is 23.8 Å². The van der Waals surface area contributed by atoms with Gasteiger partial charge in [0.2, 0.25) is 0 Å². The van der Waals surface area contributed by atoms with Crippen LogP contribution >= 0.6 is 0 Å². The molecule has 2 amide bonds. The summed E-state index contributed by atoms with van der Waals surface area (Å²) < 4.78 is 2.07. The van der Waals surface area contributed by atoms with Crippen LogP contribution in [0.2, 0.25) is 0 Å². The molecule has 1 heterocycles. The quantitative estimate of drug-likeness (QED) is 0.643. The highest BCUT2D eigenvalue weighted by molar-refractivity contribution is 5.99. The topological polar surface area (TPSA) is 87.5 Å². The standard InChI is InChI=1S/C18H24N4O3/c1-3-15-14-9-8-12(18(24)19-11-17(23)21(2)25)10-16(14)22(20-15)13-6-4-5-7-13/h8-10,13,25H,3-7,11H2,1-2H3,(H,19,24). The molecule has 1 aliphatic carbocycles. The predicted molar refractivity (Wildman–Crippen MR) is 93.5 cm³/mol. The Morgan fingerprint density at radius 1 is 1.36 bits per heavy atom. The van der Waals surface area contributed by atoms with Crippen molar-refractivity contribution in [3.8, 4) is 0 Å². The lowest BCUT2D eigenvalue weighted by Gasteiger charge is -2.12. The Bertz CT molecular complexity index is 791. The lowest BCUT2D eigenvalue weighted by Crippen LogP contribution is -2.36. The summed E-state index contributed by atoms with van der Waals surface area (Å²) in [7, 11) is 1.23. The van der Waals surface area contributed by atoms with Gasteiger partial charge in [0.15, 0.2) is 0 Å². The highest BCUT2D eigenvalue weighted by Gasteiger charge is 2.22. The van der Waals surface area contributed by atoms with Gasteiger partial charge in [-0.05, 0) is 31.4 Å². The van der Waals surface area contributed by atoms with Crippen LogP contribution in [0.15, 0.2) is 18.2 Å². The van der Waals surface area contributed by atoms with Crippen molar-refractivity contribution in [2.24, 2.45) is 0 Å². The summed E-state index contributed by atoms with van der Waals surface area (Å²) in [6, 6.07) is 5.93. The molecule has 0 unspecified atom stereocenters. The number of fused-ring (bicyclic) bond motifs is 1. The second kappa shape index (κ2) is 7.23. The Kier molecular flexibility index (Phi) is 5.03. The molecule has 2 aromatic rings. The first kappa shape index (κ1) is 17.4. The van der Waals surface area contributed by atoms with Gasteiger partial charge in [-0.2, -0.15) is 5.10 Å². The molecule has 0 spiro atoms. The summed E-state index contributed by atoms with van der Waals surface area (Å²) in [4.78, 5) is 23.7. The number of carbonyl (C=O) groups is 2. The fourth-order valence-corrected chi connectivity index (χ4v) is 3.40. The average molecular weight is 344 g/mol. The van der Waals surface area contributed by atoms with Crippen LogP contribution < -0.4 is 5.32 Å². The summed E-state index contributed by atoms with van der Waals surface area (Å²) in [5.41, 5.74) is 2.51. The first-order chi connectivity index (χ1) is 12.0. The van der Waals surface area contributed by atoms with Gasteiger partial charge < -0.3 is 5.32 Å². The lowest BCUT2D eigenvalue weighted by atomic mass is 10.1. The van der Waals surface area contributed by atoms with Crippen molar-refractivity contribution >= 4 is 22.7 Å². The molecule has 0 bridgehead atoms. The van der Waals surface area contributed by atoms with Gasteiger partial charge in [0.25, 0.3) is 11.8 Å². The van der Waals surface area contributed by atoms with Crippen LogP contribution in [0.5, 0.6) is 0 Å². The molecule has 0 saturated heterocycles. The van der Waals surface area contributed by atoms with E-state index in [-0.39, 0.29) is 12.5 Å². The Labute approximate surface area is 146 Å². The summed E-state index contributed by atoms with van der Waals surface area (Å²) in [5.74, 6) is -0.909. The molecule has 2 N–H and O–H groups in total. The number of nitrogens with zero attached hydrogens (tertiary/aromatic N) is 3. The van der Waals surface area contributed by atoms with Crippen molar-refractivity contribution in [2.45, 2.75) is 45.1 Å².